The lowest BCUT2D eigenvalue weighted by Gasteiger charge is -2.03. The van der Waals surface area contributed by atoms with Gasteiger partial charge < -0.3 is 5.32 Å². The van der Waals surface area contributed by atoms with Crippen LogP contribution in [0, 0.1) is 6.92 Å². The molecule has 2 aromatic heterocycles. The van der Waals surface area contributed by atoms with Gasteiger partial charge in [0.05, 0.1) is 12.4 Å². The van der Waals surface area contributed by atoms with Crippen molar-refractivity contribution in [1.82, 2.24) is 15.3 Å². The fourth-order valence-electron chi connectivity index (χ4n) is 1.26. The second kappa shape index (κ2) is 5.25. The molecule has 0 aliphatic rings. The normalized spacial score (nSPS) is 10.2. The average molecular weight is 268 g/mol. The molecular weight excluding hydrogens is 258 g/mol. The molecule has 0 saturated carbocycles. The van der Waals surface area contributed by atoms with Crippen LogP contribution >= 0.6 is 22.9 Å². The number of carbonyl (C=O) groups excluding carboxylic acids is 1. The second-order valence-electron chi connectivity index (χ2n) is 3.49. The standard InChI is InChI=1S/C11H10ClN3OS/c1-7-5-17-6-8(7)2-15-11(16)9-3-14-10(12)4-13-9/h3-6H,2H2,1H3,(H,15,16). The van der Waals surface area contributed by atoms with Gasteiger partial charge in [-0.25, -0.2) is 9.97 Å². The van der Waals surface area contributed by atoms with Crippen LogP contribution in [0.5, 0.6) is 0 Å². The zero-order chi connectivity index (χ0) is 12.3. The highest BCUT2D eigenvalue weighted by molar-refractivity contribution is 7.08. The summed E-state index contributed by atoms with van der Waals surface area (Å²) in [4.78, 5) is 19.4. The first-order valence-corrected chi connectivity index (χ1v) is 6.26. The van der Waals surface area contributed by atoms with Crippen molar-refractivity contribution in [1.29, 1.82) is 0 Å². The first-order chi connectivity index (χ1) is 8.16. The van der Waals surface area contributed by atoms with Gasteiger partial charge in [0.25, 0.3) is 5.91 Å². The molecule has 0 aliphatic carbocycles. The molecule has 17 heavy (non-hydrogen) atoms. The molecule has 0 saturated heterocycles. The van der Waals surface area contributed by atoms with Gasteiger partial charge in [0.1, 0.15) is 10.8 Å². The summed E-state index contributed by atoms with van der Waals surface area (Å²) in [5.74, 6) is -0.250. The van der Waals surface area contributed by atoms with Crippen molar-refractivity contribution in [2.24, 2.45) is 0 Å². The third-order valence-corrected chi connectivity index (χ3v) is 3.36. The van der Waals surface area contributed by atoms with Gasteiger partial charge >= 0.3 is 0 Å². The number of aryl methyl sites for hydroxylation is 1. The predicted molar refractivity (Wildman–Crippen MR) is 67.3 cm³/mol. The number of nitrogens with zero attached hydrogens (tertiary/aromatic N) is 2. The zero-order valence-electron chi connectivity index (χ0n) is 9.11. The molecular formula is C11H10ClN3OS. The lowest BCUT2D eigenvalue weighted by atomic mass is 10.2. The SMILES string of the molecule is Cc1cscc1CNC(=O)c1cnc(Cl)cn1. The Kier molecular flexibility index (Phi) is 3.71. The third kappa shape index (κ3) is 3.01. The molecule has 88 valence electrons. The topological polar surface area (TPSA) is 54.9 Å². The number of hydrogen-bond donors (Lipinski definition) is 1. The minimum Gasteiger partial charge on any atom is -0.347 e. The van der Waals surface area contributed by atoms with Crippen molar-refractivity contribution in [3.63, 3.8) is 0 Å². The van der Waals surface area contributed by atoms with E-state index in [1.54, 1.807) is 11.3 Å². The molecule has 0 unspecified atom stereocenters. The number of nitrogens with one attached hydrogen (secondary N) is 1. The summed E-state index contributed by atoms with van der Waals surface area (Å²) in [6.45, 7) is 2.51. The predicted octanol–water partition coefficient (Wildman–Crippen LogP) is 2.43. The Bertz CT molecular complexity index is 524. The van der Waals surface area contributed by atoms with Crippen LogP contribution in [0.4, 0.5) is 0 Å². The minimum atomic E-state index is -0.250. The van der Waals surface area contributed by atoms with E-state index in [-0.39, 0.29) is 16.8 Å². The minimum absolute atomic E-state index is 0.250. The van der Waals surface area contributed by atoms with Crippen LogP contribution in [-0.4, -0.2) is 15.9 Å². The number of hydrogen-bond acceptors (Lipinski definition) is 4. The van der Waals surface area contributed by atoms with E-state index in [1.807, 2.05) is 17.7 Å². The van der Waals surface area contributed by atoms with Crippen molar-refractivity contribution in [3.05, 3.63) is 45.1 Å². The van der Waals surface area contributed by atoms with Crippen LogP contribution in [0.2, 0.25) is 5.15 Å². The lowest BCUT2D eigenvalue weighted by Crippen LogP contribution is -2.24. The quantitative estimate of drug-likeness (QED) is 0.929. The molecule has 1 amide bonds. The number of halogens is 1. The summed E-state index contributed by atoms with van der Waals surface area (Å²) in [5, 5.41) is 7.12. The van der Waals surface area contributed by atoms with Crippen LogP contribution in [0.15, 0.2) is 23.2 Å². The highest BCUT2D eigenvalue weighted by Crippen LogP contribution is 2.13. The largest absolute Gasteiger partial charge is 0.347 e. The highest BCUT2D eigenvalue weighted by Gasteiger charge is 2.08. The van der Waals surface area contributed by atoms with E-state index in [0.29, 0.717) is 6.54 Å². The van der Waals surface area contributed by atoms with Crippen molar-refractivity contribution in [2.45, 2.75) is 13.5 Å². The van der Waals surface area contributed by atoms with Crippen LogP contribution in [0.3, 0.4) is 0 Å². The first kappa shape index (κ1) is 12.0. The maximum Gasteiger partial charge on any atom is 0.271 e. The summed E-state index contributed by atoms with van der Waals surface area (Å²) in [6, 6.07) is 0. The molecule has 2 heterocycles. The Morgan fingerprint density at radius 3 is 2.82 bits per heavy atom. The Morgan fingerprint density at radius 2 is 2.24 bits per heavy atom. The Morgan fingerprint density at radius 1 is 1.41 bits per heavy atom. The molecule has 4 nitrogen and oxygen atoms in total. The molecule has 0 spiro atoms. The molecule has 1 N–H and O–H groups in total. The van der Waals surface area contributed by atoms with Crippen LogP contribution in [0.1, 0.15) is 21.6 Å². The van der Waals surface area contributed by atoms with Gasteiger partial charge in [0.15, 0.2) is 0 Å². The summed E-state index contributed by atoms with van der Waals surface area (Å²) >= 11 is 7.21. The van der Waals surface area contributed by atoms with Crippen LogP contribution in [-0.2, 0) is 6.54 Å². The summed E-state index contributed by atoms with van der Waals surface area (Å²) in [5.41, 5.74) is 2.56. The van der Waals surface area contributed by atoms with E-state index >= 15 is 0 Å². The molecule has 0 atom stereocenters. The monoisotopic (exact) mass is 267 g/mol. The number of aromatic nitrogens is 2. The maximum atomic E-state index is 11.7. The Labute approximate surface area is 108 Å². The maximum absolute atomic E-state index is 11.7. The summed E-state index contributed by atoms with van der Waals surface area (Å²) < 4.78 is 0. The lowest BCUT2D eigenvalue weighted by molar-refractivity contribution is 0.0945. The molecule has 0 bridgehead atoms. The number of thiophene rings is 1. The van der Waals surface area contributed by atoms with Gasteiger partial charge in [-0.1, -0.05) is 11.6 Å². The van der Waals surface area contributed by atoms with Gasteiger partial charge in [0, 0.05) is 6.54 Å². The highest BCUT2D eigenvalue weighted by atomic mass is 35.5. The first-order valence-electron chi connectivity index (χ1n) is 4.94. The molecule has 0 aromatic carbocycles. The van der Waals surface area contributed by atoms with Crippen LogP contribution in [0.25, 0.3) is 0 Å². The smallest absolute Gasteiger partial charge is 0.271 e. The molecule has 2 rings (SSSR count). The molecule has 0 aliphatic heterocycles. The van der Waals surface area contributed by atoms with E-state index in [1.165, 1.54) is 18.0 Å². The van der Waals surface area contributed by atoms with Crippen molar-refractivity contribution < 1.29 is 4.79 Å². The fourth-order valence-corrected chi connectivity index (χ4v) is 2.22. The van der Waals surface area contributed by atoms with Gasteiger partial charge in [0.2, 0.25) is 0 Å². The van der Waals surface area contributed by atoms with E-state index in [2.05, 4.69) is 15.3 Å². The second-order valence-corrected chi connectivity index (χ2v) is 4.62. The Balaban J connectivity index is 1.98. The van der Waals surface area contributed by atoms with Gasteiger partial charge in [-0.2, -0.15) is 11.3 Å². The van der Waals surface area contributed by atoms with E-state index in [4.69, 9.17) is 11.6 Å². The third-order valence-electron chi connectivity index (χ3n) is 2.25. The van der Waals surface area contributed by atoms with Crippen molar-refractivity contribution >= 4 is 28.8 Å². The number of rotatable bonds is 3. The van der Waals surface area contributed by atoms with Crippen molar-refractivity contribution in [3.8, 4) is 0 Å². The van der Waals surface area contributed by atoms with Gasteiger partial charge in [-0.05, 0) is 28.8 Å². The zero-order valence-corrected chi connectivity index (χ0v) is 10.7. The number of amides is 1. The van der Waals surface area contributed by atoms with Gasteiger partial charge in [-0.3, -0.25) is 4.79 Å². The molecule has 2 aromatic rings. The average Bonchev–Trinajstić information content (AvgIpc) is 2.73. The number of carbonyl (C=O) groups is 1. The van der Waals surface area contributed by atoms with Crippen LogP contribution < -0.4 is 5.32 Å². The van der Waals surface area contributed by atoms with Gasteiger partial charge in [-0.15, -0.1) is 0 Å². The van der Waals surface area contributed by atoms with E-state index < -0.39 is 0 Å². The molecule has 0 fully saturated rings. The van der Waals surface area contributed by atoms with Crippen molar-refractivity contribution in [2.75, 3.05) is 0 Å². The molecule has 0 radical (unpaired) electrons. The fraction of sp³-hybridized carbons (Fsp3) is 0.182. The Hall–Kier alpha value is -1.46. The van der Waals surface area contributed by atoms with E-state index in [9.17, 15) is 4.79 Å². The molecule has 6 heteroatoms. The summed E-state index contributed by atoms with van der Waals surface area (Å²) in [7, 11) is 0. The van der Waals surface area contributed by atoms with E-state index in [0.717, 1.165) is 5.56 Å². The summed E-state index contributed by atoms with van der Waals surface area (Å²) in [6.07, 6.45) is 2.71.